The highest BCUT2D eigenvalue weighted by molar-refractivity contribution is 7.99. The van der Waals surface area contributed by atoms with Gasteiger partial charge in [-0.25, -0.2) is 0 Å². The summed E-state index contributed by atoms with van der Waals surface area (Å²) in [7, 11) is 3.53. The molecule has 4 rings (SSSR count). The molecule has 2 aromatic heterocycles. The van der Waals surface area contributed by atoms with Crippen LogP contribution in [0.5, 0.6) is 5.75 Å². The van der Waals surface area contributed by atoms with Crippen molar-refractivity contribution in [1.82, 2.24) is 19.7 Å². The fourth-order valence-electron chi connectivity index (χ4n) is 4.11. The number of carbonyl (C=O) groups excluding carboxylic acids is 1. The van der Waals surface area contributed by atoms with Gasteiger partial charge in [-0.05, 0) is 36.4 Å². The third-order valence-electron chi connectivity index (χ3n) is 5.92. The van der Waals surface area contributed by atoms with Crippen LogP contribution in [0.4, 0.5) is 5.69 Å². The number of benzene rings is 1. The van der Waals surface area contributed by atoms with E-state index in [1.54, 1.807) is 23.3 Å². The number of hydrogen-bond donors (Lipinski definition) is 1. The lowest BCUT2D eigenvalue weighted by molar-refractivity contribution is -0.127. The van der Waals surface area contributed by atoms with Crippen molar-refractivity contribution in [3.8, 4) is 5.75 Å². The Morgan fingerprint density at radius 2 is 2.09 bits per heavy atom. The second-order valence-corrected chi connectivity index (χ2v) is 10.2. The summed E-state index contributed by atoms with van der Waals surface area (Å²) in [5.41, 5.74) is 0.979. The minimum Gasteiger partial charge on any atom is -0.497 e. The molecule has 1 N–H and O–H groups in total. The third kappa shape index (κ3) is 6.29. The predicted molar refractivity (Wildman–Crippen MR) is 134 cm³/mol. The van der Waals surface area contributed by atoms with Crippen LogP contribution < -0.4 is 10.1 Å². The topological polar surface area (TPSA) is 72.3 Å². The highest BCUT2D eigenvalue weighted by atomic mass is 32.2. The van der Waals surface area contributed by atoms with Crippen molar-refractivity contribution in [3.63, 3.8) is 0 Å². The summed E-state index contributed by atoms with van der Waals surface area (Å²) >= 11 is 3.16. The first kappa shape index (κ1) is 23.6. The number of thioether (sulfide) groups is 1. The van der Waals surface area contributed by atoms with E-state index in [1.165, 1.54) is 35.9 Å². The lowest BCUT2D eigenvalue weighted by atomic mass is 9.95. The van der Waals surface area contributed by atoms with E-state index in [0.717, 1.165) is 35.3 Å². The van der Waals surface area contributed by atoms with Crippen LogP contribution in [0.3, 0.4) is 0 Å². The summed E-state index contributed by atoms with van der Waals surface area (Å²) in [6, 6.07) is 12.3. The molecule has 0 unspecified atom stereocenters. The summed E-state index contributed by atoms with van der Waals surface area (Å²) in [6.07, 6.45) is 5.98. The number of thiophene rings is 1. The van der Waals surface area contributed by atoms with E-state index in [9.17, 15) is 4.79 Å². The molecule has 33 heavy (non-hydrogen) atoms. The van der Waals surface area contributed by atoms with E-state index >= 15 is 0 Å². The summed E-state index contributed by atoms with van der Waals surface area (Å²) in [5, 5.41) is 15.3. The van der Waals surface area contributed by atoms with E-state index < -0.39 is 0 Å². The minimum atomic E-state index is 0.0997. The SMILES string of the molecule is COc1cccc(NCc2nnc(SCC(=O)N(C)Cc3cccs3)n2C2CCCCC2)c1. The smallest absolute Gasteiger partial charge is 0.233 e. The summed E-state index contributed by atoms with van der Waals surface area (Å²) in [4.78, 5) is 15.7. The number of aromatic nitrogens is 3. The zero-order valence-corrected chi connectivity index (χ0v) is 20.8. The van der Waals surface area contributed by atoms with Crippen LogP contribution in [-0.4, -0.2) is 45.5 Å². The maximum absolute atomic E-state index is 12.7. The van der Waals surface area contributed by atoms with Crippen LogP contribution in [0, 0.1) is 0 Å². The molecule has 1 amide bonds. The Balaban J connectivity index is 1.44. The van der Waals surface area contributed by atoms with E-state index in [0.29, 0.717) is 24.9 Å². The van der Waals surface area contributed by atoms with Gasteiger partial charge >= 0.3 is 0 Å². The van der Waals surface area contributed by atoms with E-state index in [2.05, 4.69) is 26.1 Å². The van der Waals surface area contributed by atoms with Gasteiger partial charge in [-0.15, -0.1) is 21.5 Å². The third-order valence-corrected chi connectivity index (χ3v) is 7.71. The molecule has 1 fully saturated rings. The zero-order valence-electron chi connectivity index (χ0n) is 19.2. The molecule has 1 aliphatic rings. The van der Waals surface area contributed by atoms with Crippen LogP contribution >= 0.6 is 23.1 Å². The second-order valence-electron chi connectivity index (χ2n) is 8.26. The number of carbonyl (C=O) groups is 1. The van der Waals surface area contributed by atoms with Gasteiger partial charge in [0.15, 0.2) is 11.0 Å². The van der Waals surface area contributed by atoms with Crippen LogP contribution in [0.2, 0.25) is 0 Å². The summed E-state index contributed by atoms with van der Waals surface area (Å²) < 4.78 is 7.59. The van der Waals surface area contributed by atoms with Crippen molar-refractivity contribution < 1.29 is 9.53 Å². The van der Waals surface area contributed by atoms with Crippen molar-refractivity contribution >= 4 is 34.7 Å². The fourth-order valence-corrected chi connectivity index (χ4v) is 5.83. The molecule has 0 bridgehead atoms. The normalized spacial score (nSPS) is 14.2. The largest absolute Gasteiger partial charge is 0.497 e. The van der Waals surface area contributed by atoms with E-state index in [1.807, 2.05) is 42.8 Å². The van der Waals surface area contributed by atoms with Gasteiger partial charge in [-0.2, -0.15) is 0 Å². The maximum Gasteiger partial charge on any atom is 0.233 e. The van der Waals surface area contributed by atoms with Gasteiger partial charge in [0.1, 0.15) is 5.75 Å². The Kier molecular flexibility index (Phi) is 8.28. The first-order valence-electron chi connectivity index (χ1n) is 11.3. The number of nitrogens with zero attached hydrogens (tertiary/aromatic N) is 4. The number of hydrogen-bond acceptors (Lipinski definition) is 7. The first-order valence-corrected chi connectivity index (χ1v) is 13.2. The van der Waals surface area contributed by atoms with Gasteiger partial charge in [0.25, 0.3) is 0 Å². The molecule has 0 spiro atoms. The molecule has 0 atom stereocenters. The minimum absolute atomic E-state index is 0.0997. The number of nitrogens with one attached hydrogen (secondary N) is 1. The number of amides is 1. The first-order chi connectivity index (χ1) is 16.1. The zero-order chi connectivity index (χ0) is 23.0. The lowest BCUT2D eigenvalue weighted by Crippen LogP contribution is -2.27. The molecule has 3 aromatic rings. The number of methoxy groups -OCH3 is 1. The van der Waals surface area contributed by atoms with Crippen molar-refractivity contribution in [2.24, 2.45) is 0 Å². The average Bonchev–Trinajstić information content (AvgIpc) is 3.51. The van der Waals surface area contributed by atoms with Crippen molar-refractivity contribution in [1.29, 1.82) is 0 Å². The standard InChI is InChI=1S/C24H31N5O2S2/c1-28(16-21-12-7-13-32-21)23(30)17-33-24-27-26-22(29(24)19-9-4-3-5-10-19)15-25-18-8-6-11-20(14-18)31-2/h6-8,11-14,19,25H,3-5,9-10,15-17H2,1-2H3. The highest BCUT2D eigenvalue weighted by Crippen LogP contribution is 2.33. The van der Waals surface area contributed by atoms with Crippen LogP contribution in [0.25, 0.3) is 0 Å². The fraction of sp³-hybridized carbons (Fsp3) is 0.458. The monoisotopic (exact) mass is 485 g/mol. The molecule has 176 valence electrons. The van der Waals surface area contributed by atoms with Gasteiger partial charge in [0.2, 0.25) is 5.91 Å². The number of ether oxygens (including phenoxy) is 1. The Bertz CT molecular complexity index is 1030. The van der Waals surface area contributed by atoms with E-state index in [-0.39, 0.29) is 5.91 Å². The summed E-state index contributed by atoms with van der Waals surface area (Å²) in [5.74, 6) is 2.18. The van der Waals surface area contributed by atoms with Crippen LogP contribution in [-0.2, 0) is 17.9 Å². The van der Waals surface area contributed by atoms with Gasteiger partial charge in [0, 0.05) is 29.7 Å². The molecular formula is C24H31N5O2S2. The van der Waals surface area contributed by atoms with Gasteiger partial charge in [-0.1, -0.05) is 43.2 Å². The number of rotatable bonds is 10. The Labute approximate surface area is 203 Å². The molecule has 1 aromatic carbocycles. The van der Waals surface area contributed by atoms with Gasteiger partial charge in [0.05, 0.1) is 26.0 Å². The predicted octanol–water partition coefficient (Wildman–Crippen LogP) is 5.22. The molecular weight excluding hydrogens is 454 g/mol. The van der Waals surface area contributed by atoms with Gasteiger partial charge < -0.3 is 19.5 Å². The molecule has 0 aliphatic heterocycles. The average molecular weight is 486 g/mol. The molecule has 1 aliphatic carbocycles. The van der Waals surface area contributed by atoms with Crippen LogP contribution in [0.1, 0.15) is 48.8 Å². The molecule has 9 heteroatoms. The van der Waals surface area contributed by atoms with Crippen molar-refractivity contribution in [2.75, 3.05) is 25.2 Å². The Hall–Kier alpha value is -2.52. The molecule has 2 heterocycles. The lowest BCUT2D eigenvalue weighted by Gasteiger charge is -2.26. The molecule has 0 radical (unpaired) electrons. The van der Waals surface area contributed by atoms with Gasteiger partial charge in [-0.3, -0.25) is 4.79 Å². The summed E-state index contributed by atoms with van der Waals surface area (Å²) in [6.45, 7) is 1.21. The Morgan fingerprint density at radius 1 is 1.24 bits per heavy atom. The molecule has 0 saturated heterocycles. The second kappa shape index (κ2) is 11.6. The van der Waals surface area contributed by atoms with Crippen molar-refractivity contribution in [3.05, 3.63) is 52.5 Å². The molecule has 7 nitrogen and oxygen atoms in total. The quantitative estimate of drug-likeness (QED) is 0.397. The van der Waals surface area contributed by atoms with Crippen molar-refractivity contribution in [2.45, 2.75) is 56.4 Å². The van der Waals surface area contributed by atoms with E-state index in [4.69, 9.17) is 4.74 Å². The Morgan fingerprint density at radius 3 is 2.85 bits per heavy atom. The maximum atomic E-state index is 12.7. The van der Waals surface area contributed by atoms with Crippen LogP contribution in [0.15, 0.2) is 46.9 Å². The molecule has 1 saturated carbocycles. The highest BCUT2D eigenvalue weighted by Gasteiger charge is 2.24. The number of anilines is 1.